The van der Waals surface area contributed by atoms with Gasteiger partial charge in [-0.05, 0) is 42.8 Å². The van der Waals surface area contributed by atoms with E-state index >= 15 is 0 Å². The first kappa shape index (κ1) is 19.8. The van der Waals surface area contributed by atoms with E-state index < -0.39 is 0 Å². The zero-order valence-corrected chi connectivity index (χ0v) is 17.3. The number of furan rings is 1. The normalized spacial score (nSPS) is 10.7. The molecule has 152 valence electrons. The number of hydrogen-bond acceptors (Lipinski definition) is 6. The molecule has 0 radical (unpaired) electrons. The van der Waals surface area contributed by atoms with Gasteiger partial charge in [0.1, 0.15) is 18.1 Å². The first-order valence-electron chi connectivity index (χ1n) is 9.54. The van der Waals surface area contributed by atoms with Gasteiger partial charge in [-0.15, -0.1) is 11.3 Å². The lowest BCUT2D eigenvalue weighted by molar-refractivity contribution is -0.120. The minimum atomic E-state index is -0.0700. The molecule has 30 heavy (non-hydrogen) atoms. The molecule has 3 aromatic heterocycles. The highest BCUT2D eigenvalue weighted by atomic mass is 32.1. The van der Waals surface area contributed by atoms with Crippen molar-refractivity contribution < 1.29 is 13.9 Å². The first-order valence-corrected chi connectivity index (χ1v) is 10.4. The zero-order valence-electron chi connectivity index (χ0n) is 16.5. The number of amides is 1. The van der Waals surface area contributed by atoms with Crippen molar-refractivity contribution in [2.24, 2.45) is 0 Å². The third-order valence-corrected chi connectivity index (χ3v) is 5.29. The Bertz CT molecular complexity index is 1100. The largest absolute Gasteiger partial charge is 0.489 e. The maximum Gasteiger partial charge on any atom is 0.226 e. The fraction of sp³-hybridized carbons (Fsp3) is 0.174. The van der Waals surface area contributed by atoms with Crippen LogP contribution < -0.4 is 10.1 Å². The predicted molar refractivity (Wildman–Crippen MR) is 115 cm³/mol. The molecule has 4 rings (SSSR count). The summed E-state index contributed by atoms with van der Waals surface area (Å²) in [5, 5.41) is 5.61. The smallest absolute Gasteiger partial charge is 0.226 e. The maximum absolute atomic E-state index is 12.3. The highest BCUT2D eigenvalue weighted by Gasteiger charge is 2.11. The number of pyridine rings is 1. The predicted octanol–water partition coefficient (Wildman–Crippen LogP) is 4.54. The minimum Gasteiger partial charge on any atom is -0.489 e. The number of carbonyl (C=O) groups excluding carboxylic acids is 1. The first-order chi connectivity index (χ1) is 14.7. The molecule has 0 unspecified atom stereocenters. The zero-order chi connectivity index (χ0) is 20.8. The number of aromatic nitrogens is 2. The van der Waals surface area contributed by atoms with Crippen molar-refractivity contribution in [1.82, 2.24) is 15.3 Å². The molecule has 1 N–H and O–H groups in total. The number of thiazole rings is 1. The Hall–Kier alpha value is -3.45. The molecule has 0 aliphatic carbocycles. The van der Waals surface area contributed by atoms with Crippen molar-refractivity contribution in [2.45, 2.75) is 26.5 Å². The van der Waals surface area contributed by atoms with Crippen LogP contribution in [-0.4, -0.2) is 15.9 Å². The molecule has 1 amide bonds. The number of rotatable bonds is 8. The number of benzene rings is 1. The summed E-state index contributed by atoms with van der Waals surface area (Å²) >= 11 is 1.47. The molecule has 0 saturated carbocycles. The van der Waals surface area contributed by atoms with Crippen LogP contribution in [0.2, 0.25) is 0 Å². The average Bonchev–Trinajstić information content (AvgIpc) is 3.41. The van der Waals surface area contributed by atoms with E-state index in [0.717, 1.165) is 39.1 Å². The molecule has 0 bridgehead atoms. The second-order valence-corrected chi connectivity index (χ2v) is 7.66. The standard InChI is InChI=1S/C23H21N3O3S/c1-16-4-9-21(29-16)23-26-19(15-30-23)11-22(27)25-13-17-5-7-20(8-6-17)28-14-18-3-2-10-24-12-18/h2-10,12,15H,11,13-14H2,1H3,(H,25,27). The second kappa shape index (κ2) is 9.37. The molecule has 4 aromatic rings. The Kier molecular flexibility index (Phi) is 6.20. The summed E-state index contributed by atoms with van der Waals surface area (Å²) in [6.45, 7) is 2.82. The Labute approximate surface area is 178 Å². The van der Waals surface area contributed by atoms with Gasteiger partial charge >= 0.3 is 0 Å². The number of nitrogens with zero attached hydrogens (tertiary/aromatic N) is 2. The van der Waals surface area contributed by atoms with Crippen LogP contribution in [0.4, 0.5) is 0 Å². The van der Waals surface area contributed by atoms with E-state index in [2.05, 4.69) is 15.3 Å². The Morgan fingerprint density at radius 1 is 1.13 bits per heavy atom. The molecule has 0 atom stereocenters. The van der Waals surface area contributed by atoms with Gasteiger partial charge in [0.05, 0.1) is 12.1 Å². The van der Waals surface area contributed by atoms with Gasteiger partial charge in [-0.25, -0.2) is 4.98 Å². The fourth-order valence-electron chi connectivity index (χ4n) is 2.83. The van der Waals surface area contributed by atoms with Gasteiger partial charge in [0.15, 0.2) is 10.8 Å². The molecule has 0 spiro atoms. The van der Waals surface area contributed by atoms with E-state index in [0.29, 0.717) is 13.2 Å². The molecule has 0 saturated heterocycles. The van der Waals surface area contributed by atoms with Crippen molar-refractivity contribution >= 4 is 17.2 Å². The monoisotopic (exact) mass is 419 g/mol. The van der Waals surface area contributed by atoms with E-state index in [-0.39, 0.29) is 12.3 Å². The molecule has 7 heteroatoms. The van der Waals surface area contributed by atoms with Crippen LogP contribution in [0, 0.1) is 6.92 Å². The van der Waals surface area contributed by atoms with E-state index in [9.17, 15) is 4.79 Å². The van der Waals surface area contributed by atoms with Crippen LogP contribution >= 0.6 is 11.3 Å². The minimum absolute atomic E-state index is 0.0700. The Morgan fingerprint density at radius 2 is 2.00 bits per heavy atom. The number of hydrogen-bond donors (Lipinski definition) is 1. The molecule has 6 nitrogen and oxygen atoms in total. The Balaban J connectivity index is 1.24. The number of nitrogens with one attached hydrogen (secondary N) is 1. The highest BCUT2D eigenvalue weighted by molar-refractivity contribution is 7.13. The van der Waals surface area contributed by atoms with Crippen molar-refractivity contribution in [2.75, 3.05) is 0 Å². The summed E-state index contributed by atoms with van der Waals surface area (Å²) in [4.78, 5) is 20.8. The van der Waals surface area contributed by atoms with E-state index in [1.807, 2.05) is 60.8 Å². The lowest BCUT2D eigenvalue weighted by atomic mass is 10.2. The lowest BCUT2D eigenvalue weighted by Gasteiger charge is -2.08. The molecule has 0 aliphatic heterocycles. The summed E-state index contributed by atoms with van der Waals surface area (Å²) < 4.78 is 11.3. The molecule has 0 fully saturated rings. The van der Waals surface area contributed by atoms with Gasteiger partial charge in [-0.1, -0.05) is 18.2 Å². The van der Waals surface area contributed by atoms with Crippen LogP contribution in [0.25, 0.3) is 10.8 Å². The second-order valence-electron chi connectivity index (χ2n) is 6.80. The summed E-state index contributed by atoms with van der Waals surface area (Å²) in [7, 11) is 0. The number of aryl methyl sites for hydroxylation is 1. The van der Waals surface area contributed by atoms with E-state index in [4.69, 9.17) is 9.15 Å². The van der Waals surface area contributed by atoms with Gasteiger partial charge in [-0.3, -0.25) is 9.78 Å². The van der Waals surface area contributed by atoms with Crippen LogP contribution in [0.15, 0.2) is 70.7 Å². The van der Waals surface area contributed by atoms with Crippen LogP contribution in [0.3, 0.4) is 0 Å². The molecule has 1 aromatic carbocycles. The van der Waals surface area contributed by atoms with Crippen LogP contribution in [0.5, 0.6) is 5.75 Å². The Morgan fingerprint density at radius 3 is 2.73 bits per heavy atom. The molecule has 0 aliphatic rings. The third kappa shape index (κ3) is 5.33. The quantitative estimate of drug-likeness (QED) is 0.454. The summed E-state index contributed by atoms with van der Waals surface area (Å²) in [5.41, 5.74) is 2.75. The van der Waals surface area contributed by atoms with Crippen LogP contribution in [0.1, 0.15) is 22.6 Å². The topological polar surface area (TPSA) is 77.2 Å². The number of carbonyl (C=O) groups is 1. The lowest BCUT2D eigenvalue weighted by Crippen LogP contribution is -2.24. The van der Waals surface area contributed by atoms with E-state index in [1.54, 1.807) is 12.4 Å². The molecule has 3 heterocycles. The van der Waals surface area contributed by atoms with Crippen LogP contribution in [-0.2, 0) is 24.4 Å². The summed E-state index contributed by atoms with van der Waals surface area (Å²) in [6.07, 6.45) is 3.76. The fourth-order valence-corrected chi connectivity index (χ4v) is 3.61. The van der Waals surface area contributed by atoms with Gasteiger partial charge in [0, 0.05) is 29.9 Å². The van der Waals surface area contributed by atoms with Gasteiger partial charge < -0.3 is 14.5 Å². The van der Waals surface area contributed by atoms with Crippen molar-refractivity contribution in [3.63, 3.8) is 0 Å². The number of ether oxygens (including phenoxy) is 1. The third-order valence-electron chi connectivity index (χ3n) is 4.39. The highest BCUT2D eigenvalue weighted by Crippen LogP contribution is 2.25. The van der Waals surface area contributed by atoms with Crippen molar-refractivity contribution in [3.8, 4) is 16.5 Å². The van der Waals surface area contributed by atoms with Gasteiger partial charge in [0.2, 0.25) is 5.91 Å². The average molecular weight is 420 g/mol. The van der Waals surface area contributed by atoms with Crippen molar-refractivity contribution in [3.05, 3.63) is 88.9 Å². The van der Waals surface area contributed by atoms with Gasteiger partial charge in [0.25, 0.3) is 0 Å². The summed E-state index contributed by atoms with van der Waals surface area (Å²) in [5.74, 6) is 2.28. The SMILES string of the molecule is Cc1ccc(-c2nc(CC(=O)NCc3ccc(OCc4cccnc4)cc3)cs2)o1. The summed E-state index contributed by atoms with van der Waals surface area (Å²) in [6, 6.07) is 15.3. The molecular formula is C23H21N3O3S. The van der Waals surface area contributed by atoms with E-state index in [1.165, 1.54) is 11.3 Å². The molecular weight excluding hydrogens is 398 g/mol. The van der Waals surface area contributed by atoms with Gasteiger partial charge in [-0.2, -0.15) is 0 Å². The van der Waals surface area contributed by atoms with Crippen molar-refractivity contribution in [1.29, 1.82) is 0 Å². The maximum atomic E-state index is 12.3.